The average molecular weight is 576 g/mol. The minimum atomic E-state index is -5.15. The maximum atomic E-state index is 13.3. The van der Waals surface area contributed by atoms with E-state index in [1.54, 1.807) is 32.0 Å². The van der Waals surface area contributed by atoms with Crippen LogP contribution >= 0.6 is 11.6 Å². The number of rotatable bonds is 9. The van der Waals surface area contributed by atoms with Crippen molar-refractivity contribution in [1.82, 2.24) is 14.7 Å². The van der Waals surface area contributed by atoms with Crippen molar-refractivity contribution in [1.29, 1.82) is 0 Å². The predicted octanol–water partition coefficient (Wildman–Crippen LogP) is 6.54. The highest BCUT2D eigenvalue weighted by Gasteiger charge is 2.38. The second-order valence-electron chi connectivity index (χ2n) is 8.74. The number of benzene rings is 2. The lowest BCUT2D eigenvalue weighted by Crippen LogP contribution is -2.38. The van der Waals surface area contributed by atoms with Crippen LogP contribution in [0.5, 0.6) is 0 Å². The number of H-pyrrole nitrogens is 1. The smallest absolute Gasteiger partial charge is 0.331 e. The molecular weight excluding hydrogens is 552 g/mol. The Morgan fingerprint density at radius 2 is 1.59 bits per heavy atom. The molecule has 0 aliphatic carbocycles. The molecule has 3 aromatic rings. The molecule has 39 heavy (non-hydrogen) atoms. The van der Waals surface area contributed by atoms with E-state index in [0.717, 1.165) is 9.58 Å². The molecule has 0 saturated carbocycles. The molecule has 0 aliphatic rings. The third-order valence-electron chi connectivity index (χ3n) is 5.90. The number of aryl methyl sites for hydroxylation is 1. The van der Waals surface area contributed by atoms with Crippen LogP contribution in [0, 0.1) is 0 Å². The molecule has 0 fully saturated rings. The van der Waals surface area contributed by atoms with Gasteiger partial charge in [-0.05, 0) is 49.2 Å². The van der Waals surface area contributed by atoms with Gasteiger partial charge in [0.25, 0.3) is 11.5 Å². The van der Waals surface area contributed by atoms with Crippen molar-refractivity contribution in [2.24, 2.45) is 0 Å². The maximum absolute atomic E-state index is 13.3. The zero-order valence-corrected chi connectivity index (χ0v) is 21.6. The zero-order chi connectivity index (χ0) is 29.1. The monoisotopic (exact) mass is 575 g/mol. The normalized spacial score (nSPS) is 12.0. The summed E-state index contributed by atoms with van der Waals surface area (Å²) in [5.74, 6) is -2.02. The minimum absolute atomic E-state index is 0.0794. The van der Waals surface area contributed by atoms with E-state index in [4.69, 9.17) is 11.6 Å². The zero-order valence-electron chi connectivity index (χ0n) is 20.8. The summed E-state index contributed by atoms with van der Waals surface area (Å²) >= 11 is 6.00. The van der Waals surface area contributed by atoms with Crippen molar-refractivity contribution < 1.29 is 35.9 Å². The van der Waals surface area contributed by atoms with Crippen LogP contribution in [0.25, 0.3) is 5.69 Å². The number of halogens is 7. The Morgan fingerprint density at radius 1 is 0.974 bits per heavy atom. The SMILES string of the molecule is CCCCN(CC(=O)c1c(CC)[nH]n(-c2cccc(Cl)c2)c1=O)C(=O)c1cc(C(F)(F)F)cc(C(F)(F)F)c1. The first kappa shape index (κ1) is 30.0. The third kappa shape index (κ3) is 6.92. The number of Topliss-reactive ketones (excluding diaryl/α,β-unsaturated/α-hetero) is 1. The number of aromatic amines is 1. The van der Waals surface area contributed by atoms with Gasteiger partial charge in [0, 0.05) is 22.8 Å². The number of nitrogens with one attached hydrogen (secondary N) is 1. The van der Waals surface area contributed by atoms with Crippen molar-refractivity contribution >= 4 is 23.3 Å². The van der Waals surface area contributed by atoms with E-state index in [9.17, 15) is 40.7 Å². The molecule has 1 N–H and O–H groups in total. The van der Waals surface area contributed by atoms with Gasteiger partial charge in [-0.25, -0.2) is 4.68 Å². The molecule has 0 atom stereocenters. The summed E-state index contributed by atoms with van der Waals surface area (Å²) in [5, 5.41) is 3.15. The summed E-state index contributed by atoms with van der Waals surface area (Å²) in [5.41, 5.74) is -4.60. The molecule has 1 heterocycles. The molecular formula is C26H24ClF6N3O3. The fraction of sp³-hybridized carbons (Fsp3) is 0.346. The lowest BCUT2D eigenvalue weighted by Gasteiger charge is -2.23. The third-order valence-corrected chi connectivity index (χ3v) is 6.14. The van der Waals surface area contributed by atoms with Crippen molar-refractivity contribution in [2.75, 3.05) is 13.1 Å². The highest BCUT2D eigenvalue weighted by Crippen LogP contribution is 2.36. The van der Waals surface area contributed by atoms with E-state index in [-0.39, 0.29) is 30.3 Å². The molecule has 1 aromatic heterocycles. The van der Waals surface area contributed by atoms with Gasteiger partial charge < -0.3 is 4.90 Å². The molecule has 1 amide bonds. The largest absolute Gasteiger partial charge is 0.416 e. The molecule has 0 unspecified atom stereocenters. The Morgan fingerprint density at radius 3 is 2.10 bits per heavy atom. The summed E-state index contributed by atoms with van der Waals surface area (Å²) in [6.07, 6.45) is -9.25. The van der Waals surface area contributed by atoms with Gasteiger partial charge in [0.2, 0.25) is 0 Å². The lowest BCUT2D eigenvalue weighted by atomic mass is 10.0. The van der Waals surface area contributed by atoms with Gasteiger partial charge in [-0.2, -0.15) is 26.3 Å². The Kier molecular flexibility index (Phi) is 8.99. The summed E-state index contributed by atoms with van der Waals surface area (Å²) < 4.78 is 81.1. The number of nitrogens with zero attached hydrogens (tertiary/aromatic N) is 2. The predicted molar refractivity (Wildman–Crippen MR) is 132 cm³/mol. The van der Waals surface area contributed by atoms with Crippen LogP contribution in [-0.4, -0.2) is 39.5 Å². The first-order valence-corrected chi connectivity index (χ1v) is 12.3. The topological polar surface area (TPSA) is 75.2 Å². The van der Waals surface area contributed by atoms with Crippen molar-refractivity contribution in [3.05, 3.63) is 85.8 Å². The minimum Gasteiger partial charge on any atom is -0.331 e. The average Bonchev–Trinajstić information content (AvgIpc) is 3.21. The van der Waals surface area contributed by atoms with Crippen LogP contribution in [0.4, 0.5) is 26.3 Å². The molecule has 2 aromatic carbocycles. The summed E-state index contributed by atoms with van der Waals surface area (Å²) in [7, 11) is 0. The molecule has 0 aliphatic heterocycles. The molecule has 6 nitrogen and oxygen atoms in total. The van der Waals surface area contributed by atoms with E-state index in [0.29, 0.717) is 35.7 Å². The highest BCUT2D eigenvalue weighted by molar-refractivity contribution is 6.30. The Balaban J connectivity index is 2.03. The molecule has 210 valence electrons. The molecule has 0 saturated heterocycles. The van der Waals surface area contributed by atoms with Gasteiger partial charge >= 0.3 is 12.4 Å². The standard InChI is InChI=1S/C26H24ClF6N3O3/c1-3-5-9-35(23(38)15-10-16(25(28,29)30)12-17(11-15)26(31,32)33)14-21(37)22-20(4-2)34-36(24(22)39)19-8-6-7-18(27)13-19/h6-8,10-13,34H,3-5,9,14H2,1-2H3. The molecule has 0 radical (unpaired) electrons. The van der Waals surface area contributed by atoms with Gasteiger partial charge in [0.1, 0.15) is 5.56 Å². The van der Waals surface area contributed by atoms with Crippen LogP contribution in [0.3, 0.4) is 0 Å². The Labute approximate surface area is 224 Å². The summed E-state index contributed by atoms with van der Waals surface area (Å²) in [4.78, 5) is 40.5. The number of hydrogen-bond donors (Lipinski definition) is 1. The van der Waals surface area contributed by atoms with Gasteiger partial charge in [0.15, 0.2) is 5.78 Å². The van der Waals surface area contributed by atoms with Crippen LogP contribution < -0.4 is 5.56 Å². The van der Waals surface area contributed by atoms with Crippen molar-refractivity contribution in [3.8, 4) is 5.69 Å². The van der Waals surface area contributed by atoms with E-state index in [1.165, 1.54) is 6.07 Å². The van der Waals surface area contributed by atoms with E-state index >= 15 is 0 Å². The maximum Gasteiger partial charge on any atom is 0.416 e. The highest BCUT2D eigenvalue weighted by atomic mass is 35.5. The van der Waals surface area contributed by atoms with Crippen LogP contribution in [0.2, 0.25) is 5.02 Å². The number of ketones is 1. The van der Waals surface area contributed by atoms with E-state index < -0.39 is 52.8 Å². The molecule has 13 heteroatoms. The van der Waals surface area contributed by atoms with Crippen molar-refractivity contribution in [2.45, 2.75) is 45.5 Å². The van der Waals surface area contributed by atoms with Gasteiger partial charge in [0.05, 0.1) is 23.4 Å². The second kappa shape index (κ2) is 11.7. The van der Waals surface area contributed by atoms with Crippen molar-refractivity contribution in [3.63, 3.8) is 0 Å². The van der Waals surface area contributed by atoms with Gasteiger partial charge in [-0.15, -0.1) is 0 Å². The molecule has 0 spiro atoms. The summed E-state index contributed by atoms with van der Waals surface area (Å²) in [6, 6.07) is 6.79. The quantitative estimate of drug-likeness (QED) is 0.232. The number of carbonyl (C=O) groups excluding carboxylic acids is 2. The van der Waals surface area contributed by atoms with Crippen LogP contribution in [-0.2, 0) is 18.8 Å². The molecule has 0 bridgehead atoms. The number of unbranched alkanes of at least 4 members (excludes halogenated alkanes) is 1. The van der Waals surface area contributed by atoms with E-state index in [1.807, 2.05) is 0 Å². The van der Waals surface area contributed by atoms with E-state index in [2.05, 4.69) is 5.10 Å². The number of alkyl halides is 6. The number of amides is 1. The fourth-order valence-corrected chi connectivity index (χ4v) is 4.12. The first-order chi connectivity index (χ1) is 18.2. The fourth-order valence-electron chi connectivity index (χ4n) is 3.94. The number of hydrogen-bond acceptors (Lipinski definition) is 3. The Hall–Kier alpha value is -3.54. The van der Waals surface area contributed by atoms with Crippen LogP contribution in [0.1, 0.15) is 64.2 Å². The number of carbonyl (C=O) groups is 2. The molecule has 3 rings (SSSR count). The first-order valence-electron chi connectivity index (χ1n) is 11.9. The second-order valence-corrected chi connectivity index (χ2v) is 9.17. The summed E-state index contributed by atoms with van der Waals surface area (Å²) in [6.45, 7) is 2.56. The lowest BCUT2D eigenvalue weighted by molar-refractivity contribution is -0.143. The van der Waals surface area contributed by atoms with Gasteiger partial charge in [-0.3, -0.25) is 19.5 Å². The van der Waals surface area contributed by atoms with Gasteiger partial charge in [-0.1, -0.05) is 37.9 Å². The Bertz CT molecular complexity index is 1390. The van der Waals surface area contributed by atoms with Crippen LogP contribution in [0.15, 0.2) is 47.3 Å². The number of aromatic nitrogens is 2.